The van der Waals surface area contributed by atoms with Gasteiger partial charge in [0.15, 0.2) is 5.69 Å². The van der Waals surface area contributed by atoms with E-state index in [0.29, 0.717) is 5.02 Å². The van der Waals surface area contributed by atoms with Crippen LogP contribution in [0.3, 0.4) is 0 Å². The van der Waals surface area contributed by atoms with E-state index < -0.39 is 29.0 Å². The Morgan fingerprint density at radius 1 is 1.07 bits per heavy atom. The van der Waals surface area contributed by atoms with Crippen LogP contribution in [0.2, 0.25) is 5.02 Å². The van der Waals surface area contributed by atoms with E-state index in [2.05, 4.69) is 4.98 Å². The van der Waals surface area contributed by atoms with Crippen LogP contribution in [0.15, 0.2) is 47.8 Å². The van der Waals surface area contributed by atoms with Gasteiger partial charge in [-0.15, -0.1) is 22.7 Å². The molecule has 3 aromatic heterocycles. The molecule has 4 aromatic rings. The molecule has 0 aliphatic carbocycles. The zero-order valence-electron chi connectivity index (χ0n) is 14.8. The number of nitrogen functional groups attached to an aromatic ring is 1. The molecule has 152 valence electrons. The lowest BCUT2D eigenvalue weighted by Gasteiger charge is -2.11. The summed E-state index contributed by atoms with van der Waals surface area (Å²) in [6.07, 6.45) is -4.85. The fourth-order valence-electron chi connectivity index (χ4n) is 2.90. The van der Waals surface area contributed by atoms with Gasteiger partial charge in [-0.2, -0.15) is 13.2 Å². The summed E-state index contributed by atoms with van der Waals surface area (Å²) in [5, 5.41) is 2.05. The number of hydrogen-bond donors (Lipinski definition) is 1. The molecule has 0 atom stereocenters. The quantitative estimate of drug-likeness (QED) is 0.370. The van der Waals surface area contributed by atoms with Gasteiger partial charge in [-0.1, -0.05) is 29.8 Å². The fraction of sp³-hybridized carbons (Fsp3) is 0.0500. The lowest BCUT2D eigenvalue weighted by Crippen LogP contribution is -2.15. The first-order valence-corrected chi connectivity index (χ1v) is 10.4. The highest BCUT2D eigenvalue weighted by atomic mass is 35.5. The number of rotatable bonds is 4. The predicted octanol–water partition coefficient (Wildman–Crippen LogP) is 6.07. The lowest BCUT2D eigenvalue weighted by molar-refractivity contribution is -0.141. The number of benzene rings is 1. The van der Waals surface area contributed by atoms with Crippen molar-refractivity contribution in [3.8, 4) is 0 Å². The maximum absolute atomic E-state index is 13.6. The Morgan fingerprint density at radius 2 is 1.83 bits per heavy atom. The number of carbonyl (C=O) groups is 2. The van der Waals surface area contributed by atoms with Gasteiger partial charge in [0, 0.05) is 16.0 Å². The summed E-state index contributed by atoms with van der Waals surface area (Å²) in [4.78, 5) is 29.3. The van der Waals surface area contributed by atoms with Crippen LogP contribution in [0.25, 0.3) is 10.2 Å². The molecule has 10 heteroatoms. The van der Waals surface area contributed by atoms with E-state index in [9.17, 15) is 22.8 Å². The number of halogens is 4. The molecule has 0 saturated carbocycles. The van der Waals surface area contributed by atoms with Crippen molar-refractivity contribution in [1.82, 2.24) is 4.98 Å². The van der Waals surface area contributed by atoms with Crippen molar-refractivity contribution in [3.05, 3.63) is 79.4 Å². The second-order valence-corrected chi connectivity index (χ2v) is 8.61. The highest BCUT2D eigenvalue weighted by molar-refractivity contribution is 7.21. The summed E-state index contributed by atoms with van der Waals surface area (Å²) in [6.45, 7) is 0. The molecule has 30 heavy (non-hydrogen) atoms. The van der Waals surface area contributed by atoms with Crippen LogP contribution < -0.4 is 5.73 Å². The summed E-state index contributed by atoms with van der Waals surface area (Å²) in [5.74, 6) is -1.29. The van der Waals surface area contributed by atoms with Crippen molar-refractivity contribution in [1.29, 1.82) is 0 Å². The van der Waals surface area contributed by atoms with Gasteiger partial charge in [0.1, 0.15) is 9.71 Å². The Bertz CT molecular complexity index is 1300. The topological polar surface area (TPSA) is 73.1 Å². The zero-order valence-corrected chi connectivity index (χ0v) is 17.2. The molecule has 0 radical (unpaired) electrons. The third kappa shape index (κ3) is 3.60. The SMILES string of the molecule is Nc1c(C(=O)c2cccc(Cl)c2)sc2nc(C(F)(F)F)c(C(=O)c3cccs3)cc12. The van der Waals surface area contributed by atoms with Crippen LogP contribution in [0.5, 0.6) is 0 Å². The van der Waals surface area contributed by atoms with E-state index in [1.165, 1.54) is 18.2 Å². The average Bonchev–Trinajstić information content (AvgIpc) is 3.34. The van der Waals surface area contributed by atoms with Gasteiger partial charge in [-0.25, -0.2) is 4.98 Å². The van der Waals surface area contributed by atoms with Gasteiger partial charge in [-0.05, 0) is 29.6 Å². The molecule has 0 bridgehead atoms. The van der Waals surface area contributed by atoms with E-state index in [-0.39, 0.29) is 31.2 Å². The largest absolute Gasteiger partial charge is 0.434 e. The summed E-state index contributed by atoms with van der Waals surface area (Å²) >= 11 is 7.68. The number of aromatic nitrogens is 1. The summed E-state index contributed by atoms with van der Waals surface area (Å²) < 4.78 is 40.9. The van der Waals surface area contributed by atoms with Crippen LogP contribution >= 0.6 is 34.3 Å². The monoisotopic (exact) mass is 466 g/mol. The first-order chi connectivity index (χ1) is 14.2. The van der Waals surface area contributed by atoms with E-state index in [0.717, 1.165) is 28.7 Å². The van der Waals surface area contributed by atoms with Crippen molar-refractivity contribution >= 4 is 61.7 Å². The van der Waals surface area contributed by atoms with E-state index in [1.807, 2.05) is 0 Å². The number of nitrogens with two attached hydrogens (primary N) is 1. The van der Waals surface area contributed by atoms with Crippen LogP contribution in [-0.2, 0) is 6.18 Å². The molecule has 0 fully saturated rings. The number of ketones is 2. The molecular formula is C20H10ClF3N2O2S2. The van der Waals surface area contributed by atoms with Crippen molar-refractivity contribution in [3.63, 3.8) is 0 Å². The normalized spacial score (nSPS) is 11.7. The van der Waals surface area contributed by atoms with E-state index in [4.69, 9.17) is 17.3 Å². The smallest absolute Gasteiger partial charge is 0.397 e. The highest BCUT2D eigenvalue weighted by Crippen LogP contribution is 2.40. The van der Waals surface area contributed by atoms with Crippen molar-refractivity contribution in [2.24, 2.45) is 0 Å². The molecule has 3 heterocycles. The Morgan fingerprint density at radius 3 is 2.47 bits per heavy atom. The van der Waals surface area contributed by atoms with Gasteiger partial charge < -0.3 is 5.73 Å². The summed E-state index contributed by atoms with van der Waals surface area (Å²) in [6, 6.07) is 10.2. The van der Waals surface area contributed by atoms with Crippen molar-refractivity contribution in [2.75, 3.05) is 5.73 Å². The first kappa shape index (κ1) is 20.5. The molecule has 4 nitrogen and oxygen atoms in total. The number of fused-ring (bicyclic) bond motifs is 1. The molecule has 0 unspecified atom stereocenters. The number of anilines is 1. The highest BCUT2D eigenvalue weighted by Gasteiger charge is 2.38. The third-order valence-electron chi connectivity index (χ3n) is 4.27. The van der Waals surface area contributed by atoms with Gasteiger partial charge >= 0.3 is 6.18 Å². The number of hydrogen-bond acceptors (Lipinski definition) is 6. The Hall–Kier alpha value is -2.75. The Kier molecular flexibility index (Phi) is 5.13. The molecule has 1 aromatic carbocycles. The molecule has 0 aliphatic heterocycles. The zero-order chi connectivity index (χ0) is 21.6. The van der Waals surface area contributed by atoms with Gasteiger partial charge in [-0.3, -0.25) is 9.59 Å². The van der Waals surface area contributed by atoms with Crippen LogP contribution in [-0.4, -0.2) is 16.6 Å². The number of pyridine rings is 1. The van der Waals surface area contributed by atoms with Crippen LogP contribution in [0, 0.1) is 0 Å². The minimum Gasteiger partial charge on any atom is -0.397 e. The third-order valence-corrected chi connectivity index (χ3v) is 6.49. The van der Waals surface area contributed by atoms with Gasteiger partial charge in [0.25, 0.3) is 0 Å². The molecule has 0 spiro atoms. The Balaban J connectivity index is 1.91. The van der Waals surface area contributed by atoms with E-state index >= 15 is 0 Å². The number of alkyl halides is 3. The van der Waals surface area contributed by atoms with Gasteiger partial charge in [0.05, 0.1) is 16.1 Å². The molecule has 2 N–H and O–H groups in total. The number of nitrogens with zero attached hydrogens (tertiary/aromatic N) is 1. The second kappa shape index (κ2) is 7.50. The van der Waals surface area contributed by atoms with Crippen LogP contribution in [0.4, 0.5) is 18.9 Å². The number of carbonyl (C=O) groups excluding carboxylic acids is 2. The van der Waals surface area contributed by atoms with E-state index in [1.54, 1.807) is 23.6 Å². The molecule has 0 aliphatic rings. The average molecular weight is 467 g/mol. The first-order valence-electron chi connectivity index (χ1n) is 8.35. The molecule has 0 saturated heterocycles. The minimum absolute atomic E-state index is 0.0265. The van der Waals surface area contributed by atoms with Crippen LogP contribution in [0.1, 0.15) is 36.2 Å². The molecule has 4 rings (SSSR count). The van der Waals surface area contributed by atoms with Crippen molar-refractivity contribution in [2.45, 2.75) is 6.18 Å². The predicted molar refractivity (Wildman–Crippen MR) is 112 cm³/mol. The number of thiophene rings is 2. The molecule has 0 amide bonds. The maximum Gasteiger partial charge on any atom is 0.434 e. The summed E-state index contributed by atoms with van der Waals surface area (Å²) in [5.41, 5.74) is 4.39. The second-order valence-electron chi connectivity index (χ2n) is 6.23. The molecular weight excluding hydrogens is 457 g/mol. The maximum atomic E-state index is 13.6. The van der Waals surface area contributed by atoms with Gasteiger partial charge in [0.2, 0.25) is 11.6 Å². The summed E-state index contributed by atoms with van der Waals surface area (Å²) in [7, 11) is 0. The van der Waals surface area contributed by atoms with Crippen molar-refractivity contribution < 1.29 is 22.8 Å². The lowest BCUT2D eigenvalue weighted by atomic mass is 10.0. The minimum atomic E-state index is -4.85. The standard InChI is InChI=1S/C20H10ClF3N2O2S2/c21-10-4-1-3-9(7-10)15(27)17-14(25)11-8-12(16(28)13-5-2-6-29-13)18(20(22,23)24)26-19(11)30-17/h1-8H,25H2. The fourth-order valence-corrected chi connectivity index (χ4v) is 4.81. The Labute approximate surface area is 180 Å².